The Morgan fingerprint density at radius 3 is 2.66 bits per heavy atom. The molecule has 0 aromatic heterocycles. The van der Waals surface area contributed by atoms with E-state index in [4.69, 9.17) is 21.7 Å². The summed E-state index contributed by atoms with van der Waals surface area (Å²) >= 11 is 6.32. The smallest absolute Gasteiger partial charge is 0.343 e. The molecule has 0 unspecified atom stereocenters. The topological polar surface area (TPSA) is 65.1 Å². The van der Waals surface area contributed by atoms with Crippen molar-refractivity contribution in [2.75, 3.05) is 25.7 Å². The van der Waals surface area contributed by atoms with Crippen LogP contribution in [0.4, 0.5) is 10.1 Å². The molecule has 2 aromatic rings. The molecule has 0 aliphatic carbocycles. The molecular formula is C20H16FNO5S2. The van der Waals surface area contributed by atoms with Gasteiger partial charge in [0.15, 0.2) is 22.4 Å². The standard InChI is InChI=1S/C20H16FNO5S2/c1-25-15-9-5-6-12(18(15)27-11-17(23)26-2)10-16-19(24)22(20(28)29-16)14-8-4-3-7-13(14)21/h3-10H,11H2,1-2H3/b16-10-. The van der Waals surface area contributed by atoms with Crippen LogP contribution in [0.25, 0.3) is 6.08 Å². The zero-order valence-corrected chi connectivity index (χ0v) is 17.1. The fourth-order valence-corrected chi connectivity index (χ4v) is 3.88. The van der Waals surface area contributed by atoms with Crippen LogP contribution in [0.5, 0.6) is 11.5 Å². The minimum absolute atomic E-state index is 0.0891. The number of carbonyl (C=O) groups is 2. The highest BCUT2D eigenvalue weighted by molar-refractivity contribution is 8.27. The van der Waals surface area contributed by atoms with Crippen LogP contribution in [-0.2, 0) is 14.3 Å². The van der Waals surface area contributed by atoms with Gasteiger partial charge in [-0.05, 0) is 24.3 Å². The quantitative estimate of drug-likeness (QED) is 0.390. The van der Waals surface area contributed by atoms with Crippen molar-refractivity contribution in [3.8, 4) is 11.5 Å². The zero-order valence-electron chi connectivity index (χ0n) is 15.5. The Bertz CT molecular complexity index is 1010. The number of benzene rings is 2. The monoisotopic (exact) mass is 433 g/mol. The van der Waals surface area contributed by atoms with E-state index in [-0.39, 0.29) is 27.3 Å². The zero-order chi connectivity index (χ0) is 21.0. The van der Waals surface area contributed by atoms with Gasteiger partial charge in [-0.1, -0.05) is 48.2 Å². The maximum Gasteiger partial charge on any atom is 0.343 e. The maximum absolute atomic E-state index is 14.2. The van der Waals surface area contributed by atoms with Gasteiger partial charge < -0.3 is 14.2 Å². The maximum atomic E-state index is 14.2. The number of thiocarbonyl (C=S) groups is 1. The van der Waals surface area contributed by atoms with E-state index < -0.39 is 17.7 Å². The number of hydrogen-bond acceptors (Lipinski definition) is 7. The molecule has 1 heterocycles. The van der Waals surface area contributed by atoms with E-state index in [1.54, 1.807) is 30.3 Å². The molecule has 0 bridgehead atoms. The second-order valence-electron chi connectivity index (χ2n) is 5.71. The van der Waals surface area contributed by atoms with E-state index >= 15 is 0 Å². The average Bonchev–Trinajstić information content (AvgIpc) is 3.00. The first-order valence-corrected chi connectivity index (χ1v) is 9.57. The Hall–Kier alpha value is -2.91. The molecule has 6 nitrogen and oxygen atoms in total. The summed E-state index contributed by atoms with van der Waals surface area (Å²) in [5, 5.41) is 0. The molecule has 0 saturated carbocycles. The lowest BCUT2D eigenvalue weighted by Gasteiger charge is -2.15. The lowest BCUT2D eigenvalue weighted by molar-refractivity contribution is -0.142. The van der Waals surface area contributed by atoms with Crippen molar-refractivity contribution >= 4 is 51.9 Å². The summed E-state index contributed by atoms with van der Waals surface area (Å²) in [4.78, 5) is 25.8. The van der Waals surface area contributed by atoms with Crippen molar-refractivity contribution in [1.29, 1.82) is 0 Å². The number of esters is 1. The number of nitrogens with zero attached hydrogens (tertiary/aromatic N) is 1. The average molecular weight is 433 g/mol. The molecule has 150 valence electrons. The Kier molecular flexibility index (Phi) is 6.50. The molecule has 3 rings (SSSR count). The van der Waals surface area contributed by atoms with Crippen molar-refractivity contribution in [2.24, 2.45) is 0 Å². The van der Waals surface area contributed by atoms with Gasteiger partial charge >= 0.3 is 5.97 Å². The van der Waals surface area contributed by atoms with Gasteiger partial charge in [0.1, 0.15) is 5.82 Å². The summed E-state index contributed by atoms with van der Waals surface area (Å²) in [5.41, 5.74) is 0.591. The fourth-order valence-electron chi connectivity index (χ4n) is 2.60. The normalized spacial score (nSPS) is 15.0. The van der Waals surface area contributed by atoms with Gasteiger partial charge in [0.05, 0.1) is 24.8 Å². The summed E-state index contributed by atoms with van der Waals surface area (Å²) < 4.78 is 29.8. The van der Waals surface area contributed by atoms with Crippen molar-refractivity contribution in [2.45, 2.75) is 0 Å². The van der Waals surface area contributed by atoms with E-state index in [1.165, 1.54) is 32.4 Å². The van der Waals surface area contributed by atoms with E-state index in [9.17, 15) is 14.0 Å². The van der Waals surface area contributed by atoms with Crippen molar-refractivity contribution in [3.63, 3.8) is 0 Å². The first-order chi connectivity index (χ1) is 14.0. The number of thioether (sulfide) groups is 1. The van der Waals surface area contributed by atoms with Crippen LogP contribution >= 0.6 is 24.0 Å². The molecule has 0 atom stereocenters. The number of rotatable bonds is 6. The van der Waals surface area contributed by atoms with Gasteiger partial charge in [-0.2, -0.15) is 0 Å². The molecule has 1 aliphatic rings. The van der Waals surface area contributed by atoms with Crippen LogP contribution in [0.1, 0.15) is 5.56 Å². The van der Waals surface area contributed by atoms with Crippen molar-refractivity contribution < 1.29 is 28.2 Å². The molecule has 0 spiro atoms. The SMILES string of the molecule is COC(=O)COc1c(/C=C2\SC(=S)N(c3ccccc3F)C2=O)cccc1OC. The van der Waals surface area contributed by atoms with Gasteiger partial charge in [0.25, 0.3) is 5.91 Å². The fraction of sp³-hybridized carbons (Fsp3) is 0.150. The highest BCUT2D eigenvalue weighted by Crippen LogP contribution is 2.39. The van der Waals surface area contributed by atoms with Gasteiger partial charge in [0, 0.05) is 5.56 Å². The molecule has 1 saturated heterocycles. The molecule has 2 aromatic carbocycles. The predicted molar refractivity (Wildman–Crippen MR) is 113 cm³/mol. The summed E-state index contributed by atoms with van der Waals surface area (Å²) in [6.07, 6.45) is 1.56. The van der Waals surface area contributed by atoms with Crippen molar-refractivity contribution in [1.82, 2.24) is 0 Å². The Labute approximate surface area is 176 Å². The summed E-state index contributed by atoms with van der Waals surface area (Å²) in [6, 6.07) is 11.0. The minimum atomic E-state index is -0.562. The van der Waals surface area contributed by atoms with Crippen LogP contribution in [0.3, 0.4) is 0 Å². The number of hydrogen-bond donors (Lipinski definition) is 0. The van der Waals surface area contributed by atoms with E-state index in [2.05, 4.69) is 4.74 Å². The Morgan fingerprint density at radius 1 is 1.21 bits per heavy atom. The molecule has 1 fully saturated rings. The predicted octanol–water partition coefficient (Wildman–Crippen LogP) is 3.79. The third kappa shape index (κ3) is 4.41. The summed E-state index contributed by atoms with van der Waals surface area (Å²) in [5.74, 6) is -0.906. The van der Waals surface area contributed by atoms with Gasteiger partial charge in [-0.25, -0.2) is 9.18 Å². The van der Waals surface area contributed by atoms with E-state index in [0.717, 1.165) is 16.7 Å². The minimum Gasteiger partial charge on any atom is -0.493 e. The molecule has 1 amide bonds. The number of para-hydroxylation sites is 2. The summed E-state index contributed by atoms with van der Waals surface area (Å²) in [7, 11) is 2.71. The number of ether oxygens (including phenoxy) is 3. The second-order valence-corrected chi connectivity index (χ2v) is 7.39. The lowest BCUT2D eigenvalue weighted by atomic mass is 10.1. The van der Waals surface area contributed by atoms with Crippen LogP contribution in [0, 0.1) is 5.82 Å². The van der Waals surface area contributed by atoms with E-state index in [1.807, 2.05) is 0 Å². The van der Waals surface area contributed by atoms with Crippen LogP contribution < -0.4 is 14.4 Å². The second kappa shape index (κ2) is 9.06. The Morgan fingerprint density at radius 2 is 1.97 bits per heavy atom. The molecular weight excluding hydrogens is 417 g/mol. The number of carbonyl (C=O) groups excluding carboxylic acids is 2. The van der Waals surface area contributed by atoms with Gasteiger partial charge in [-0.15, -0.1) is 0 Å². The molecule has 0 N–H and O–H groups in total. The van der Waals surface area contributed by atoms with Crippen LogP contribution in [-0.4, -0.2) is 37.0 Å². The van der Waals surface area contributed by atoms with Crippen LogP contribution in [0.2, 0.25) is 0 Å². The molecule has 1 aliphatic heterocycles. The van der Waals surface area contributed by atoms with Crippen molar-refractivity contribution in [3.05, 3.63) is 58.8 Å². The Balaban J connectivity index is 1.96. The molecule has 9 heteroatoms. The number of amides is 1. The number of anilines is 1. The molecule has 0 radical (unpaired) electrons. The van der Waals surface area contributed by atoms with E-state index in [0.29, 0.717) is 11.3 Å². The molecule has 29 heavy (non-hydrogen) atoms. The highest BCUT2D eigenvalue weighted by Gasteiger charge is 2.35. The van der Waals surface area contributed by atoms with Crippen LogP contribution in [0.15, 0.2) is 47.4 Å². The number of halogens is 1. The summed E-state index contributed by atoms with van der Waals surface area (Å²) in [6.45, 7) is -0.325. The third-order valence-electron chi connectivity index (χ3n) is 3.96. The highest BCUT2D eigenvalue weighted by atomic mass is 32.2. The first kappa shape index (κ1) is 20.8. The van der Waals surface area contributed by atoms with Gasteiger partial charge in [0.2, 0.25) is 0 Å². The lowest BCUT2D eigenvalue weighted by Crippen LogP contribution is -2.28. The third-order valence-corrected chi connectivity index (χ3v) is 5.27. The number of methoxy groups -OCH3 is 2. The van der Waals surface area contributed by atoms with Gasteiger partial charge in [-0.3, -0.25) is 9.69 Å². The largest absolute Gasteiger partial charge is 0.493 e. The first-order valence-electron chi connectivity index (χ1n) is 8.35.